The molecule has 0 fully saturated rings. The molecule has 0 saturated heterocycles. The molecule has 0 radical (unpaired) electrons. The third-order valence-corrected chi connectivity index (χ3v) is 5.81. The van der Waals surface area contributed by atoms with Crippen molar-refractivity contribution in [1.29, 1.82) is 0 Å². The first-order valence-electron chi connectivity index (χ1n) is 10.1. The predicted molar refractivity (Wildman–Crippen MR) is 123 cm³/mol. The molecule has 0 aliphatic rings. The van der Waals surface area contributed by atoms with E-state index < -0.39 is 17.9 Å². The van der Waals surface area contributed by atoms with Crippen LogP contribution in [-0.4, -0.2) is 50.3 Å². The third-order valence-electron chi connectivity index (χ3n) is 4.82. The maximum Gasteiger partial charge on any atom is 0.328 e. The van der Waals surface area contributed by atoms with Gasteiger partial charge in [0.05, 0.1) is 23.8 Å². The van der Waals surface area contributed by atoms with Crippen LogP contribution in [-0.2, 0) is 16.0 Å². The number of carbonyl (C=O) groups excluding carboxylic acids is 2. The number of hydrogen-bond donors (Lipinski definition) is 3. The molecule has 0 unspecified atom stereocenters. The molecule has 168 valence electrons. The highest BCUT2D eigenvalue weighted by atomic mass is 79.9. The zero-order valence-corrected chi connectivity index (χ0v) is 19.6. The highest BCUT2D eigenvalue weighted by Gasteiger charge is 2.26. The molecule has 2 aromatic carbocycles. The highest BCUT2D eigenvalue weighted by Crippen LogP contribution is 2.36. The molecule has 2 aromatic rings. The number of nitrogens with one attached hydrogen (secondary N) is 2. The van der Waals surface area contributed by atoms with Crippen LogP contribution in [0.2, 0.25) is 0 Å². The number of esters is 1. The number of amides is 1. The Morgan fingerprint density at radius 1 is 1.19 bits per heavy atom. The first-order chi connectivity index (χ1) is 14.9. The number of hydrogen-bond acceptors (Lipinski definition) is 6. The van der Waals surface area contributed by atoms with Gasteiger partial charge in [0.1, 0.15) is 17.5 Å². The second kappa shape index (κ2) is 12.3. The third kappa shape index (κ3) is 6.97. The van der Waals surface area contributed by atoms with Crippen molar-refractivity contribution < 1.29 is 24.2 Å². The predicted octanol–water partition coefficient (Wildman–Crippen LogP) is 3.36. The summed E-state index contributed by atoms with van der Waals surface area (Å²) in [4.78, 5) is 25.2. The molecule has 2 rings (SSSR count). The number of phenols is 1. The van der Waals surface area contributed by atoms with E-state index in [4.69, 9.17) is 9.47 Å². The van der Waals surface area contributed by atoms with Gasteiger partial charge in [-0.25, -0.2) is 4.79 Å². The molecule has 0 heterocycles. The number of benzene rings is 2. The molecule has 0 aliphatic carbocycles. The maximum atomic E-state index is 13.0. The number of ether oxygens (including phenoxy) is 2. The van der Waals surface area contributed by atoms with Gasteiger partial charge in [0.2, 0.25) is 0 Å². The summed E-state index contributed by atoms with van der Waals surface area (Å²) in [7, 11) is 3.17. The van der Waals surface area contributed by atoms with Crippen molar-refractivity contribution in [3.05, 3.63) is 57.6 Å². The number of rotatable bonds is 11. The van der Waals surface area contributed by atoms with Crippen molar-refractivity contribution in [2.45, 2.75) is 32.2 Å². The molecular formula is C23H29BrN2O5. The summed E-state index contributed by atoms with van der Waals surface area (Å²) in [6.07, 6.45) is 2.10. The SMILES string of the molecule is CNCCCCOc1cc(O)c(C(=O)N[C@@H](Cc2ccccc2)C(=O)OC)c(C)c1Br. The van der Waals surface area contributed by atoms with Crippen LogP contribution >= 0.6 is 15.9 Å². The molecule has 7 nitrogen and oxygen atoms in total. The van der Waals surface area contributed by atoms with Crippen LogP contribution in [0, 0.1) is 6.92 Å². The molecule has 0 saturated carbocycles. The first kappa shape index (κ1) is 24.7. The van der Waals surface area contributed by atoms with E-state index >= 15 is 0 Å². The fourth-order valence-electron chi connectivity index (χ4n) is 3.14. The standard InChI is InChI=1S/C23H29BrN2O5/c1-15-20(18(27)14-19(21(15)24)31-12-8-7-11-25-2)22(28)26-17(23(29)30-3)13-16-9-5-4-6-10-16/h4-6,9-10,14,17,25,27H,7-8,11-13H2,1-3H3,(H,26,28)/t17-/m0/s1. The Morgan fingerprint density at radius 3 is 2.55 bits per heavy atom. The van der Waals surface area contributed by atoms with Crippen LogP contribution in [0.15, 0.2) is 40.9 Å². The Bertz CT molecular complexity index is 889. The van der Waals surface area contributed by atoms with Gasteiger partial charge in [-0.1, -0.05) is 30.3 Å². The number of unbranched alkanes of at least 4 members (excludes halogenated alkanes) is 1. The molecule has 0 aliphatic heterocycles. The van der Waals surface area contributed by atoms with Crippen LogP contribution < -0.4 is 15.4 Å². The van der Waals surface area contributed by atoms with Crippen molar-refractivity contribution in [2.75, 3.05) is 27.3 Å². The summed E-state index contributed by atoms with van der Waals surface area (Å²) >= 11 is 3.46. The Hall–Kier alpha value is -2.58. The Labute approximate surface area is 191 Å². The van der Waals surface area contributed by atoms with Gasteiger partial charge in [-0.2, -0.15) is 0 Å². The van der Waals surface area contributed by atoms with Crippen LogP contribution in [0.5, 0.6) is 11.5 Å². The lowest BCUT2D eigenvalue weighted by Gasteiger charge is -2.19. The van der Waals surface area contributed by atoms with E-state index in [9.17, 15) is 14.7 Å². The van der Waals surface area contributed by atoms with Crippen LogP contribution in [0.4, 0.5) is 0 Å². The van der Waals surface area contributed by atoms with Crippen molar-refractivity contribution in [2.24, 2.45) is 0 Å². The second-order valence-electron chi connectivity index (χ2n) is 7.11. The van der Waals surface area contributed by atoms with Crippen molar-refractivity contribution in [3.8, 4) is 11.5 Å². The molecule has 8 heteroatoms. The topological polar surface area (TPSA) is 96.9 Å². The minimum Gasteiger partial charge on any atom is -0.507 e. The van der Waals surface area contributed by atoms with E-state index in [1.54, 1.807) is 6.92 Å². The molecule has 0 spiro atoms. The smallest absolute Gasteiger partial charge is 0.328 e. The van der Waals surface area contributed by atoms with Gasteiger partial charge in [-0.05, 0) is 60.4 Å². The minimum absolute atomic E-state index is 0.0800. The van der Waals surface area contributed by atoms with E-state index in [0.717, 1.165) is 24.9 Å². The molecule has 1 amide bonds. The largest absolute Gasteiger partial charge is 0.507 e. The van der Waals surface area contributed by atoms with Crippen molar-refractivity contribution >= 4 is 27.8 Å². The molecular weight excluding hydrogens is 464 g/mol. The van der Waals surface area contributed by atoms with Gasteiger partial charge in [0.15, 0.2) is 0 Å². The lowest BCUT2D eigenvalue weighted by Crippen LogP contribution is -2.43. The zero-order chi connectivity index (χ0) is 22.8. The fourth-order valence-corrected chi connectivity index (χ4v) is 3.57. The number of carbonyl (C=O) groups is 2. The number of methoxy groups -OCH3 is 1. The van der Waals surface area contributed by atoms with Gasteiger partial charge in [-0.15, -0.1) is 0 Å². The Kier molecular flexibility index (Phi) is 9.81. The monoisotopic (exact) mass is 492 g/mol. The van der Waals surface area contributed by atoms with Gasteiger partial charge in [0.25, 0.3) is 5.91 Å². The van der Waals surface area contributed by atoms with Gasteiger partial charge < -0.3 is 25.2 Å². The quantitative estimate of drug-likeness (QED) is 0.328. The molecule has 3 N–H and O–H groups in total. The summed E-state index contributed by atoms with van der Waals surface area (Å²) in [5.41, 5.74) is 1.48. The van der Waals surface area contributed by atoms with E-state index in [-0.39, 0.29) is 17.7 Å². The molecule has 1 atom stereocenters. The lowest BCUT2D eigenvalue weighted by molar-refractivity contribution is -0.142. The summed E-state index contributed by atoms with van der Waals surface area (Å²) in [6.45, 7) is 3.10. The van der Waals surface area contributed by atoms with Crippen molar-refractivity contribution in [1.82, 2.24) is 10.6 Å². The van der Waals surface area contributed by atoms with Crippen molar-refractivity contribution in [3.63, 3.8) is 0 Å². The summed E-state index contributed by atoms with van der Waals surface area (Å²) < 4.78 is 11.2. The van der Waals surface area contributed by atoms with Crippen LogP contribution in [0.1, 0.15) is 34.3 Å². The Balaban J connectivity index is 2.16. The zero-order valence-electron chi connectivity index (χ0n) is 18.0. The normalized spacial score (nSPS) is 11.6. The van der Waals surface area contributed by atoms with Crippen LogP contribution in [0.3, 0.4) is 0 Å². The maximum absolute atomic E-state index is 13.0. The summed E-state index contributed by atoms with van der Waals surface area (Å²) in [5.74, 6) is -0.880. The molecule has 0 bridgehead atoms. The van der Waals surface area contributed by atoms with Gasteiger partial charge in [0, 0.05) is 12.5 Å². The van der Waals surface area contributed by atoms with Gasteiger partial charge >= 0.3 is 5.97 Å². The van der Waals surface area contributed by atoms with E-state index in [1.165, 1.54) is 13.2 Å². The Morgan fingerprint density at radius 2 is 1.90 bits per heavy atom. The number of phenolic OH excluding ortho intramolecular Hbond substituents is 1. The van der Waals surface area contributed by atoms with Gasteiger partial charge in [-0.3, -0.25) is 4.79 Å². The fraction of sp³-hybridized carbons (Fsp3) is 0.391. The first-order valence-corrected chi connectivity index (χ1v) is 10.9. The minimum atomic E-state index is -0.888. The number of aromatic hydroxyl groups is 1. The average Bonchev–Trinajstić information content (AvgIpc) is 2.76. The average molecular weight is 493 g/mol. The molecule has 31 heavy (non-hydrogen) atoms. The van der Waals surface area contributed by atoms with Crippen LogP contribution in [0.25, 0.3) is 0 Å². The highest BCUT2D eigenvalue weighted by molar-refractivity contribution is 9.10. The van der Waals surface area contributed by atoms with E-state index in [0.29, 0.717) is 22.4 Å². The van der Waals surface area contributed by atoms with E-state index in [2.05, 4.69) is 26.6 Å². The summed E-state index contributed by atoms with van der Waals surface area (Å²) in [6, 6.07) is 9.84. The summed E-state index contributed by atoms with van der Waals surface area (Å²) in [5, 5.41) is 16.3. The lowest BCUT2D eigenvalue weighted by atomic mass is 10.0. The molecule has 0 aromatic heterocycles. The number of halogens is 1. The second-order valence-corrected chi connectivity index (χ2v) is 7.90. The van der Waals surface area contributed by atoms with E-state index in [1.807, 2.05) is 37.4 Å².